The van der Waals surface area contributed by atoms with Crippen LogP contribution in [-0.2, 0) is 6.18 Å². The van der Waals surface area contributed by atoms with E-state index >= 15 is 0 Å². The first-order valence-electron chi connectivity index (χ1n) is 10.1. The minimum atomic E-state index is -4.34. The van der Waals surface area contributed by atoms with Crippen molar-refractivity contribution in [1.82, 2.24) is 19.5 Å². The third kappa shape index (κ3) is 3.14. The smallest absolute Gasteiger partial charge is 0.335 e. The molecule has 3 atom stereocenters. The second-order valence-electron chi connectivity index (χ2n) is 8.44. The summed E-state index contributed by atoms with van der Waals surface area (Å²) in [4.78, 5) is 14.8. The van der Waals surface area contributed by atoms with Gasteiger partial charge in [-0.2, -0.15) is 13.2 Å². The zero-order valence-electron chi connectivity index (χ0n) is 16.4. The highest BCUT2D eigenvalue weighted by Crippen LogP contribution is 2.48. The quantitative estimate of drug-likeness (QED) is 0.628. The molecule has 1 saturated heterocycles. The number of fused-ring (bicyclic) bond motifs is 2. The summed E-state index contributed by atoms with van der Waals surface area (Å²) in [6.45, 7) is 3.05. The number of amides is 1. The van der Waals surface area contributed by atoms with Crippen LogP contribution < -0.4 is 0 Å². The van der Waals surface area contributed by atoms with Gasteiger partial charge in [-0.05, 0) is 66.8 Å². The third-order valence-electron chi connectivity index (χ3n) is 6.50. The Balaban J connectivity index is 1.32. The van der Waals surface area contributed by atoms with Gasteiger partial charge in [0.25, 0.3) is 5.91 Å². The minimum absolute atomic E-state index is 0.119. The maximum atomic E-state index is 13.4. The van der Waals surface area contributed by atoms with Crippen LogP contribution in [-0.4, -0.2) is 38.5 Å². The van der Waals surface area contributed by atoms with Crippen molar-refractivity contribution in [3.8, 4) is 0 Å². The first kappa shape index (κ1) is 19.1. The molecule has 30 heavy (non-hydrogen) atoms. The number of alkyl halides is 3. The fraction of sp³-hybridized carbons (Fsp3) is 0.409. The Morgan fingerprint density at radius 1 is 1.07 bits per heavy atom. The molecule has 1 aliphatic heterocycles. The molecule has 2 aromatic heterocycles. The highest BCUT2D eigenvalue weighted by atomic mass is 19.4. The first-order chi connectivity index (χ1) is 14.3. The van der Waals surface area contributed by atoms with Crippen molar-refractivity contribution in [2.24, 2.45) is 11.8 Å². The van der Waals surface area contributed by atoms with Crippen molar-refractivity contribution in [3.63, 3.8) is 0 Å². The van der Waals surface area contributed by atoms with Crippen molar-refractivity contribution in [2.75, 3.05) is 13.1 Å². The molecule has 1 aliphatic carbocycles. The van der Waals surface area contributed by atoms with Crippen LogP contribution in [0.5, 0.6) is 0 Å². The lowest BCUT2D eigenvalue weighted by Crippen LogP contribution is -2.31. The van der Waals surface area contributed by atoms with Crippen LogP contribution >= 0.6 is 0 Å². The molecule has 0 radical (unpaired) electrons. The predicted molar refractivity (Wildman–Crippen MR) is 104 cm³/mol. The van der Waals surface area contributed by atoms with Crippen molar-refractivity contribution >= 4 is 11.6 Å². The predicted octanol–water partition coefficient (Wildman–Crippen LogP) is 4.32. The van der Waals surface area contributed by atoms with Gasteiger partial charge in [0.05, 0.1) is 5.56 Å². The van der Waals surface area contributed by atoms with Gasteiger partial charge < -0.3 is 4.90 Å². The van der Waals surface area contributed by atoms with Crippen LogP contribution in [0, 0.1) is 18.8 Å². The van der Waals surface area contributed by atoms with Gasteiger partial charge in [-0.25, -0.2) is 0 Å². The average Bonchev–Trinajstić information content (AvgIpc) is 3.39. The molecule has 0 bridgehead atoms. The van der Waals surface area contributed by atoms with Gasteiger partial charge in [0.15, 0.2) is 5.65 Å². The second-order valence-corrected chi connectivity index (χ2v) is 8.44. The molecule has 2 fully saturated rings. The van der Waals surface area contributed by atoms with Crippen molar-refractivity contribution in [1.29, 1.82) is 0 Å². The average molecular weight is 414 g/mol. The summed E-state index contributed by atoms with van der Waals surface area (Å²) < 4.78 is 41.9. The Morgan fingerprint density at radius 2 is 1.77 bits per heavy atom. The van der Waals surface area contributed by atoms with Crippen molar-refractivity contribution in [3.05, 3.63) is 65.1 Å². The summed E-state index contributed by atoms with van der Waals surface area (Å²) in [5.74, 6) is 0.409. The number of aryl methyl sites for hydroxylation is 1. The van der Waals surface area contributed by atoms with E-state index in [9.17, 15) is 18.0 Å². The first-order valence-corrected chi connectivity index (χ1v) is 10.1. The number of pyridine rings is 1. The Labute approximate surface area is 171 Å². The molecule has 0 spiro atoms. The van der Waals surface area contributed by atoms with Gasteiger partial charge >= 0.3 is 6.18 Å². The lowest BCUT2D eigenvalue weighted by atomic mass is 9.91. The topological polar surface area (TPSA) is 50.5 Å². The van der Waals surface area contributed by atoms with Gasteiger partial charge in [-0.3, -0.25) is 9.20 Å². The van der Waals surface area contributed by atoms with Crippen LogP contribution in [0.3, 0.4) is 0 Å². The summed E-state index contributed by atoms with van der Waals surface area (Å²) in [6, 6.07) is 9.64. The Hall–Kier alpha value is -2.90. The van der Waals surface area contributed by atoms with Crippen LogP contribution in [0.25, 0.3) is 5.65 Å². The summed E-state index contributed by atoms with van der Waals surface area (Å²) in [6.07, 6.45) is -1.22. The van der Waals surface area contributed by atoms with Crippen LogP contribution in [0.4, 0.5) is 13.2 Å². The SMILES string of the molecule is Cc1ccn2c(C(=O)N3C[C@H]4C[C@@H](c5ccccc5C(F)(F)F)C[C@H]4C3)nnc2c1. The summed E-state index contributed by atoms with van der Waals surface area (Å²) >= 11 is 0. The maximum absolute atomic E-state index is 13.4. The van der Waals surface area contributed by atoms with Gasteiger partial charge in [0.2, 0.25) is 5.82 Å². The normalized spacial score (nSPS) is 23.9. The number of carbonyl (C=O) groups excluding carboxylic acids is 1. The standard InChI is InChI=1S/C22H21F3N4O/c1-13-6-7-29-19(8-13)26-27-20(29)21(30)28-11-15-9-14(10-16(15)12-28)17-4-2-3-5-18(17)22(23,24)25/h2-8,14-16H,9-12H2,1H3/t14-,15-,16+. The minimum Gasteiger partial charge on any atom is -0.335 e. The van der Waals surface area contributed by atoms with E-state index in [0.717, 1.165) is 11.6 Å². The molecule has 5 rings (SSSR count). The Bertz CT molecular complexity index is 1110. The second kappa shape index (κ2) is 6.82. The highest BCUT2D eigenvalue weighted by Gasteiger charge is 2.45. The van der Waals surface area contributed by atoms with E-state index in [1.165, 1.54) is 6.07 Å². The maximum Gasteiger partial charge on any atom is 0.416 e. The molecule has 1 amide bonds. The largest absolute Gasteiger partial charge is 0.416 e. The third-order valence-corrected chi connectivity index (χ3v) is 6.50. The van der Waals surface area contributed by atoms with Gasteiger partial charge in [0.1, 0.15) is 0 Å². The number of likely N-dealkylation sites (tertiary alicyclic amines) is 1. The number of halogens is 3. The summed E-state index contributed by atoms with van der Waals surface area (Å²) in [5, 5.41) is 8.16. The fourth-order valence-corrected chi connectivity index (χ4v) is 5.11. The van der Waals surface area contributed by atoms with Crippen molar-refractivity contribution in [2.45, 2.75) is 31.9 Å². The van der Waals surface area contributed by atoms with Crippen LogP contribution in [0.15, 0.2) is 42.6 Å². The van der Waals surface area contributed by atoms with E-state index in [-0.39, 0.29) is 29.5 Å². The number of aromatic nitrogens is 3. The van der Waals surface area contributed by atoms with Crippen LogP contribution in [0.2, 0.25) is 0 Å². The molecular weight excluding hydrogens is 393 g/mol. The Morgan fingerprint density at radius 3 is 2.47 bits per heavy atom. The summed E-state index contributed by atoms with van der Waals surface area (Å²) in [7, 11) is 0. The van der Waals surface area contributed by atoms with E-state index in [4.69, 9.17) is 0 Å². The number of benzene rings is 1. The molecule has 0 N–H and O–H groups in total. The molecule has 5 nitrogen and oxygen atoms in total. The highest BCUT2D eigenvalue weighted by molar-refractivity contribution is 5.91. The molecular formula is C22H21F3N4O. The van der Waals surface area contributed by atoms with E-state index < -0.39 is 11.7 Å². The number of hydrogen-bond acceptors (Lipinski definition) is 3. The van der Waals surface area contributed by atoms with Gasteiger partial charge in [0, 0.05) is 19.3 Å². The van der Waals surface area contributed by atoms with Gasteiger partial charge in [-0.1, -0.05) is 18.2 Å². The van der Waals surface area contributed by atoms with E-state index in [1.54, 1.807) is 27.6 Å². The number of rotatable bonds is 2. The molecule has 0 unspecified atom stereocenters. The Kier molecular flexibility index (Phi) is 4.34. The molecule has 3 aromatic rings. The molecule has 1 saturated carbocycles. The van der Waals surface area contributed by atoms with E-state index in [2.05, 4.69) is 10.2 Å². The zero-order chi connectivity index (χ0) is 21.0. The van der Waals surface area contributed by atoms with Crippen LogP contribution in [0.1, 0.15) is 46.1 Å². The molecule has 8 heteroatoms. The number of nitrogens with zero attached hydrogens (tertiary/aromatic N) is 4. The lowest BCUT2D eigenvalue weighted by Gasteiger charge is -2.21. The number of carbonyl (C=O) groups is 1. The molecule has 1 aromatic carbocycles. The summed E-state index contributed by atoms with van der Waals surface area (Å²) in [5.41, 5.74) is 1.51. The van der Waals surface area contributed by atoms with Gasteiger partial charge in [-0.15, -0.1) is 10.2 Å². The van der Waals surface area contributed by atoms with E-state index in [0.29, 0.717) is 37.1 Å². The molecule has 2 aliphatic rings. The zero-order valence-corrected chi connectivity index (χ0v) is 16.4. The lowest BCUT2D eigenvalue weighted by molar-refractivity contribution is -0.138. The van der Waals surface area contributed by atoms with Crippen molar-refractivity contribution < 1.29 is 18.0 Å². The number of hydrogen-bond donors (Lipinski definition) is 0. The molecule has 156 valence electrons. The monoisotopic (exact) mass is 414 g/mol. The fourth-order valence-electron chi connectivity index (χ4n) is 5.11. The van der Waals surface area contributed by atoms with E-state index in [1.807, 2.05) is 19.1 Å². The molecule has 3 heterocycles.